The molecule has 106 valence electrons. The Hall–Kier alpha value is -2.28. The van der Waals surface area contributed by atoms with Crippen LogP contribution in [0.1, 0.15) is 5.56 Å². The first-order valence-electron chi connectivity index (χ1n) is 6.71. The average molecular weight is 281 g/mol. The van der Waals surface area contributed by atoms with Crippen molar-refractivity contribution in [1.29, 1.82) is 0 Å². The lowest BCUT2D eigenvalue weighted by molar-refractivity contribution is 0.319. The molecule has 1 aliphatic rings. The fourth-order valence-corrected chi connectivity index (χ4v) is 2.38. The predicted molar refractivity (Wildman–Crippen MR) is 82.6 cm³/mol. The summed E-state index contributed by atoms with van der Waals surface area (Å²) in [6.45, 7) is 0. The fourth-order valence-electron chi connectivity index (χ4n) is 2.38. The zero-order chi connectivity index (χ0) is 14.7. The van der Waals surface area contributed by atoms with Crippen molar-refractivity contribution in [2.24, 2.45) is 0 Å². The van der Waals surface area contributed by atoms with E-state index in [1.165, 1.54) is 0 Å². The van der Waals surface area contributed by atoms with Gasteiger partial charge >= 0.3 is 7.12 Å². The van der Waals surface area contributed by atoms with E-state index in [2.05, 4.69) is 10.9 Å². The predicted octanol–water partition coefficient (Wildman–Crippen LogP) is 0.937. The molecule has 0 aromatic heterocycles. The summed E-state index contributed by atoms with van der Waals surface area (Å²) in [4.78, 5) is 0. The minimum absolute atomic E-state index is 0.763. The molecular weight excluding hydrogens is 265 g/mol. The number of hydrogen-bond donors (Lipinski definition) is 4. The van der Waals surface area contributed by atoms with Crippen LogP contribution in [-0.4, -0.2) is 17.2 Å². The molecule has 1 atom stereocenters. The summed E-state index contributed by atoms with van der Waals surface area (Å²) in [5, 5.41) is 21.5. The molecule has 2 aromatic rings. The van der Waals surface area contributed by atoms with Crippen molar-refractivity contribution in [2.45, 2.75) is 5.44 Å². The van der Waals surface area contributed by atoms with E-state index in [0.717, 1.165) is 11.3 Å². The Morgan fingerprint density at radius 2 is 1.52 bits per heavy atom. The summed E-state index contributed by atoms with van der Waals surface area (Å²) in [7, 11) is -1.59. The summed E-state index contributed by atoms with van der Waals surface area (Å²) >= 11 is 0. The van der Waals surface area contributed by atoms with Gasteiger partial charge in [-0.3, -0.25) is 5.43 Å². The molecule has 0 fully saturated rings. The number of hydrogen-bond acceptors (Lipinski definition) is 5. The molecule has 1 unspecified atom stereocenters. The van der Waals surface area contributed by atoms with E-state index in [1.54, 1.807) is 17.4 Å². The fraction of sp³-hybridized carbons (Fsp3) is 0.0667. The second-order valence-electron chi connectivity index (χ2n) is 4.85. The summed E-state index contributed by atoms with van der Waals surface area (Å²) in [6.07, 6.45) is 3.39. The minimum atomic E-state index is -1.59. The van der Waals surface area contributed by atoms with E-state index in [0.29, 0.717) is 0 Å². The maximum absolute atomic E-state index is 9.93. The third kappa shape index (κ3) is 2.52. The third-order valence-electron chi connectivity index (χ3n) is 3.52. The molecule has 3 rings (SSSR count). The Morgan fingerprint density at radius 3 is 2.14 bits per heavy atom. The van der Waals surface area contributed by atoms with E-state index in [1.807, 2.05) is 60.7 Å². The Bertz CT molecular complexity index is 621. The molecule has 0 aliphatic carbocycles. The van der Waals surface area contributed by atoms with E-state index in [-0.39, 0.29) is 0 Å². The summed E-state index contributed by atoms with van der Waals surface area (Å²) in [5.41, 5.74) is 6.69. The number of para-hydroxylation sites is 1. The van der Waals surface area contributed by atoms with Crippen molar-refractivity contribution in [3.8, 4) is 0 Å². The molecule has 0 saturated carbocycles. The van der Waals surface area contributed by atoms with Gasteiger partial charge in [-0.1, -0.05) is 48.5 Å². The number of nitrogens with zero attached hydrogens (tertiary/aromatic N) is 1. The van der Waals surface area contributed by atoms with Crippen molar-refractivity contribution in [2.75, 3.05) is 5.12 Å². The average Bonchev–Trinajstić information content (AvgIpc) is 2.56. The smallest absolute Gasteiger partial charge is 0.425 e. The number of rotatable bonds is 3. The van der Waals surface area contributed by atoms with Crippen LogP contribution in [0.3, 0.4) is 0 Å². The Balaban J connectivity index is 1.99. The first-order chi connectivity index (χ1) is 10.2. The van der Waals surface area contributed by atoms with E-state index in [4.69, 9.17) is 0 Å². The number of nitrogens with one attached hydrogen (secondary N) is 2. The molecular formula is C15H16BN3O2. The van der Waals surface area contributed by atoms with Gasteiger partial charge in [0, 0.05) is 6.20 Å². The largest absolute Gasteiger partial charge is 0.484 e. The lowest BCUT2D eigenvalue weighted by Crippen LogP contribution is -2.65. The molecule has 5 nitrogen and oxygen atoms in total. The first kappa shape index (κ1) is 13.7. The van der Waals surface area contributed by atoms with E-state index < -0.39 is 12.6 Å². The van der Waals surface area contributed by atoms with E-state index >= 15 is 0 Å². The molecule has 0 radical (unpaired) electrons. The van der Waals surface area contributed by atoms with Gasteiger partial charge in [0.1, 0.15) is 5.44 Å². The van der Waals surface area contributed by atoms with Crippen LogP contribution in [0, 0.1) is 0 Å². The molecule has 21 heavy (non-hydrogen) atoms. The van der Waals surface area contributed by atoms with Gasteiger partial charge in [0.25, 0.3) is 0 Å². The molecule has 6 heteroatoms. The SMILES string of the molecule is OB(O)C1(c2ccccc2)C=CNN(c2ccccc2)N1. The summed E-state index contributed by atoms with van der Waals surface area (Å²) < 4.78 is 0. The second-order valence-corrected chi connectivity index (χ2v) is 4.85. The normalized spacial score (nSPS) is 21.0. The zero-order valence-electron chi connectivity index (χ0n) is 11.3. The monoisotopic (exact) mass is 281 g/mol. The van der Waals surface area contributed by atoms with Crippen LogP contribution < -0.4 is 16.0 Å². The highest BCUT2D eigenvalue weighted by molar-refractivity contribution is 6.46. The van der Waals surface area contributed by atoms with Crippen LogP contribution >= 0.6 is 0 Å². The number of hydrazine groups is 2. The first-order valence-corrected chi connectivity index (χ1v) is 6.71. The minimum Gasteiger partial charge on any atom is -0.425 e. The summed E-state index contributed by atoms with van der Waals surface area (Å²) in [6, 6.07) is 18.9. The zero-order valence-corrected chi connectivity index (χ0v) is 11.3. The van der Waals surface area contributed by atoms with Crippen molar-refractivity contribution >= 4 is 12.8 Å². The number of anilines is 1. The Labute approximate surface area is 123 Å². The van der Waals surface area contributed by atoms with Gasteiger partial charge in [-0.25, -0.2) is 10.5 Å². The van der Waals surface area contributed by atoms with Crippen LogP contribution in [0.2, 0.25) is 0 Å². The Kier molecular flexibility index (Phi) is 3.66. The van der Waals surface area contributed by atoms with Crippen molar-refractivity contribution < 1.29 is 10.0 Å². The highest BCUT2D eigenvalue weighted by Crippen LogP contribution is 2.27. The number of benzene rings is 2. The quantitative estimate of drug-likeness (QED) is 0.630. The highest BCUT2D eigenvalue weighted by Gasteiger charge is 2.44. The molecule has 1 aliphatic heterocycles. The van der Waals surface area contributed by atoms with Gasteiger partial charge in [0.05, 0.1) is 5.69 Å². The van der Waals surface area contributed by atoms with Crippen LogP contribution in [0.4, 0.5) is 5.69 Å². The standard InChI is InChI=1S/C15H16BN3O2/c20-16(21)15(13-7-3-1-4-8-13)11-12-17-19(18-15)14-9-5-2-6-10-14/h1-12,17-18,20-21H. The second kappa shape index (κ2) is 5.61. The van der Waals surface area contributed by atoms with Gasteiger partial charge in [-0.15, -0.1) is 0 Å². The molecule has 2 aromatic carbocycles. The van der Waals surface area contributed by atoms with Crippen LogP contribution in [0.15, 0.2) is 72.9 Å². The topological polar surface area (TPSA) is 67.8 Å². The van der Waals surface area contributed by atoms with Gasteiger partial charge in [0.2, 0.25) is 0 Å². The van der Waals surface area contributed by atoms with Gasteiger partial charge in [-0.2, -0.15) is 0 Å². The lowest BCUT2D eigenvalue weighted by atomic mass is 9.61. The molecule has 0 spiro atoms. The molecule has 0 saturated heterocycles. The van der Waals surface area contributed by atoms with Crippen molar-refractivity contribution in [1.82, 2.24) is 10.9 Å². The van der Waals surface area contributed by atoms with Gasteiger partial charge < -0.3 is 10.0 Å². The van der Waals surface area contributed by atoms with Crippen LogP contribution in [0.25, 0.3) is 0 Å². The van der Waals surface area contributed by atoms with E-state index in [9.17, 15) is 10.0 Å². The maximum Gasteiger partial charge on any atom is 0.484 e. The van der Waals surface area contributed by atoms with Gasteiger partial charge in [-0.05, 0) is 23.8 Å². The highest BCUT2D eigenvalue weighted by atomic mass is 16.4. The molecule has 4 N–H and O–H groups in total. The molecule has 1 heterocycles. The third-order valence-corrected chi connectivity index (χ3v) is 3.52. The maximum atomic E-state index is 9.93. The van der Waals surface area contributed by atoms with Crippen molar-refractivity contribution in [3.05, 3.63) is 78.5 Å². The summed E-state index contributed by atoms with van der Waals surface area (Å²) in [5.74, 6) is 0. The van der Waals surface area contributed by atoms with Crippen LogP contribution in [0.5, 0.6) is 0 Å². The lowest BCUT2D eigenvalue weighted by Gasteiger charge is -2.41. The van der Waals surface area contributed by atoms with Crippen molar-refractivity contribution in [3.63, 3.8) is 0 Å². The Morgan fingerprint density at radius 1 is 0.905 bits per heavy atom. The van der Waals surface area contributed by atoms with Gasteiger partial charge in [0.15, 0.2) is 0 Å². The molecule has 0 amide bonds. The van der Waals surface area contributed by atoms with Crippen LogP contribution in [-0.2, 0) is 5.44 Å². The molecule has 0 bridgehead atoms.